The van der Waals surface area contributed by atoms with Gasteiger partial charge in [-0.1, -0.05) is 84.9 Å². The number of carbonyl (C=O) groups is 1. The molecular formula is C36H38N4O4. The molecule has 0 saturated carbocycles. The van der Waals surface area contributed by atoms with E-state index in [-0.39, 0.29) is 24.4 Å². The van der Waals surface area contributed by atoms with Gasteiger partial charge in [-0.05, 0) is 53.8 Å². The van der Waals surface area contributed by atoms with E-state index < -0.39 is 0 Å². The van der Waals surface area contributed by atoms with Crippen LogP contribution in [-0.4, -0.2) is 51.7 Å². The van der Waals surface area contributed by atoms with Gasteiger partial charge in [0, 0.05) is 38.8 Å². The van der Waals surface area contributed by atoms with Crippen molar-refractivity contribution in [1.29, 1.82) is 0 Å². The molecule has 1 saturated heterocycles. The number of H-pyrrole nitrogens is 1. The number of rotatable bonds is 11. The van der Waals surface area contributed by atoms with Crippen LogP contribution in [0.25, 0.3) is 11.0 Å². The molecule has 1 N–H and O–H groups in total. The highest BCUT2D eigenvalue weighted by molar-refractivity contribution is 5.75. The Balaban J connectivity index is 1.03. The quantitative estimate of drug-likeness (QED) is 0.193. The normalized spacial score (nSPS) is 13.8. The zero-order chi connectivity index (χ0) is 30.1. The molecule has 0 radical (unpaired) electrons. The van der Waals surface area contributed by atoms with Crippen LogP contribution >= 0.6 is 0 Å². The summed E-state index contributed by atoms with van der Waals surface area (Å²) >= 11 is 0. The average molecular weight is 591 g/mol. The van der Waals surface area contributed by atoms with Crippen molar-refractivity contribution in [3.8, 4) is 5.75 Å². The second-order valence-corrected chi connectivity index (χ2v) is 11.3. The van der Waals surface area contributed by atoms with E-state index in [0.717, 1.165) is 34.5 Å². The number of aromatic nitrogens is 2. The molecule has 2 heterocycles. The van der Waals surface area contributed by atoms with E-state index in [1.807, 2.05) is 77.4 Å². The molecule has 0 atom stereocenters. The fraction of sp³-hybridized carbons (Fsp3) is 0.278. The van der Waals surface area contributed by atoms with Gasteiger partial charge in [-0.3, -0.25) is 9.47 Å². The SMILES string of the molecule is O=C(OCCN(Cc1ccccc1)Cc1cccc(OCc2ccccc2)c1)N1CCC(n2c(=O)[nH]c3ccccc32)CC1. The summed E-state index contributed by atoms with van der Waals surface area (Å²) < 4.78 is 13.7. The van der Waals surface area contributed by atoms with Gasteiger partial charge in [0.25, 0.3) is 0 Å². The Morgan fingerprint density at radius 3 is 2.23 bits per heavy atom. The van der Waals surface area contributed by atoms with Crippen LogP contribution in [0.5, 0.6) is 5.75 Å². The smallest absolute Gasteiger partial charge is 0.409 e. The Labute approximate surface area is 257 Å². The van der Waals surface area contributed by atoms with Crippen molar-refractivity contribution in [2.45, 2.75) is 38.6 Å². The summed E-state index contributed by atoms with van der Waals surface area (Å²) in [6, 6.07) is 36.4. The predicted octanol–water partition coefficient (Wildman–Crippen LogP) is 6.38. The number of aromatic amines is 1. The lowest BCUT2D eigenvalue weighted by Crippen LogP contribution is -2.41. The largest absolute Gasteiger partial charge is 0.489 e. The van der Waals surface area contributed by atoms with E-state index in [2.05, 4.69) is 46.3 Å². The Kier molecular flexibility index (Phi) is 9.38. The molecule has 1 aliphatic rings. The van der Waals surface area contributed by atoms with Gasteiger partial charge in [-0.15, -0.1) is 0 Å². The highest BCUT2D eigenvalue weighted by atomic mass is 16.6. The molecule has 1 aromatic heterocycles. The van der Waals surface area contributed by atoms with Gasteiger partial charge in [0.05, 0.1) is 11.0 Å². The summed E-state index contributed by atoms with van der Waals surface area (Å²) in [6.07, 6.45) is 1.12. The minimum Gasteiger partial charge on any atom is -0.489 e. The fourth-order valence-electron chi connectivity index (χ4n) is 5.89. The van der Waals surface area contributed by atoms with Crippen molar-refractivity contribution in [3.63, 3.8) is 0 Å². The Hall–Kier alpha value is -4.82. The van der Waals surface area contributed by atoms with Gasteiger partial charge < -0.3 is 19.4 Å². The van der Waals surface area contributed by atoms with Crippen LogP contribution in [0.2, 0.25) is 0 Å². The zero-order valence-corrected chi connectivity index (χ0v) is 24.8. The number of benzene rings is 4. The van der Waals surface area contributed by atoms with Crippen LogP contribution < -0.4 is 10.4 Å². The first-order valence-electron chi connectivity index (χ1n) is 15.3. The summed E-state index contributed by atoms with van der Waals surface area (Å²) in [5.74, 6) is 0.829. The van der Waals surface area contributed by atoms with Crippen molar-refractivity contribution in [2.75, 3.05) is 26.2 Å². The molecule has 5 aromatic rings. The number of carbonyl (C=O) groups excluding carboxylic acids is 1. The van der Waals surface area contributed by atoms with Crippen molar-refractivity contribution < 1.29 is 14.3 Å². The molecular weight excluding hydrogens is 552 g/mol. The summed E-state index contributed by atoms with van der Waals surface area (Å²) in [5.41, 5.74) is 5.11. The lowest BCUT2D eigenvalue weighted by Gasteiger charge is -2.32. The highest BCUT2D eigenvalue weighted by Gasteiger charge is 2.27. The molecule has 1 fully saturated rings. The minimum atomic E-state index is -0.300. The first-order valence-corrected chi connectivity index (χ1v) is 15.3. The van der Waals surface area contributed by atoms with Gasteiger partial charge in [0.2, 0.25) is 0 Å². The fourth-order valence-corrected chi connectivity index (χ4v) is 5.89. The van der Waals surface area contributed by atoms with E-state index in [0.29, 0.717) is 45.6 Å². The Bertz CT molecular complexity index is 1710. The molecule has 44 heavy (non-hydrogen) atoms. The van der Waals surface area contributed by atoms with Crippen molar-refractivity contribution in [3.05, 3.63) is 136 Å². The van der Waals surface area contributed by atoms with Gasteiger partial charge in [0.15, 0.2) is 0 Å². The number of para-hydroxylation sites is 2. The summed E-state index contributed by atoms with van der Waals surface area (Å²) in [7, 11) is 0. The maximum Gasteiger partial charge on any atom is 0.409 e. The van der Waals surface area contributed by atoms with E-state index in [1.165, 1.54) is 5.56 Å². The van der Waals surface area contributed by atoms with Gasteiger partial charge in [-0.25, -0.2) is 9.59 Å². The number of hydrogen-bond acceptors (Lipinski definition) is 5. The van der Waals surface area contributed by atoms with Gasteiger partial charge >= 0.3 is 11.8 Å². The number of piperidine rings is 1. The third kappa shape index (κ3) is 7.38. The molecule has 8 heteroatoms. The molecule has 1 amide bonds. The molecule has 8 nitrogen and oxygen atoms in total. The molecule has 6 rings (SSSR count). The number of nitrogens with zero attached hydrogens (tertiary/aromatic N) is 3. The van der Waals surface area contributed by atoms with Crippen LogP contribution in [0.3, 0.4) is 0 Å². The summed E-state index contributed by atoms with van der Waals surface area (Å²) in [5, 5.41) is 0. The van der Waals surface area contributed by atoms with Gasteiger partial charge in [-0.2, -0.15) is 0 Å². The van der Waals surface area contributed by atoms with Crippen LogP contribution in [-0.2, 0) is 24.4 Å². The van der Waals surface area contributed by atoms with E-state index in [9.17, 15) is 9.59 Å². The molecule has 4 aromatic carbocycles. The monoisotopic (exact) mass is 590 g/mol. The maximum absolute atomic E-state index is 13.0. The number of amides is 1. The molecule has 226 valence electrons. The second-order valence-electron chi connectivity index (χ2n) is 11.3. The third-order valence-corrected chi connectivity index (χ3v) is 8.15. The van der Waals surface area contributed by atoms with Crippen molar-refractivity contribution in [2.24, 2.45) is 0 Å². The first kappa shape index (κ1) is 29.3. The lowest BCUT2D eigenvalue weighted by atomic mass is 10.0. The molecule has 1 aliphatic heterocycles. The van der Waals surface area contributed by atoms with E-state index in [1.54, 1.807) is 4.90 Å². The molecule has 0 spiro atoms. The van der Waals surface area contributed by atoms with Crippen LogP contribution in [0, 0.1) is 0 Å². The molecule has 0 unspecified atom stereocenters. The second kappa shape index (κ2) is 14.1. The average Bonchev–Trinajstić information content (AvgIpc) is 3.40. The van der Waals surface area contributed by atoms with Crippen LogP contribution in [0.15, 0.2) is 114 Å². The summed E-state index contributed by atoms with van der Waals surface area (Å²) in [6.45, 7) is 3.94. The van der Waals surface area contributed by atoms with Gasteiger partial charge in [0.1, 0.15) is 19.0 Å². The number of likely N-dealkylation sites (tertiary alicyclic amines) is 1. The number of imidazole rings is 1. The molecule has 0 aliphatic carbocycles. The molecule has 0 bridgehead atoms. The lowest BCUT2D eigenvalue weighted by molar-refractivity contribution is 0.0769. The minimum absolute atomic E-state index is 0.0523. The summed E-state index contributed by atoms with van der Waals surface area (Å²) in [4.78, 5) is 32.6. The van der Waals surface area contributed by atoms with Crippen molar-refractivity contribution in [1.82, 2.24) is 19.4 Å². The van der Waals surface area contributed by atoms with E-state index >= 15 is 0 Å². The predicted molar refractivity (Wildman–Crippen MR) is 172 cm³/mol. The number of hydrogen-bond donors (Lipinski definition) is 1. The topological polar surface area (TPSA) is 79.8 Å². The number of fused-ring (bicyclic) bond motifs is 1. The first-order chi connectivity index (χ1) is 21.6. The van der Waals surface area contributed by atoms with Crippen LogP contribution in [0.1, 0.15) is 35.6 Å². The van der Waals surface area contributed by atoms with Crippen LogP contribution in [0.4, 0.5) is 4.79 Å². The Morgan fingerprint density at radius 2 is 1.45 bits per heavy atom. The maximum atomic E-state index is 13.0. The third-order valence-electron chi connectivity index (χ3n) is 8.15. The standard InChI is InChI=1S/C36H38N4O4/c41-35-37-33-16-7-8-17-34(33)40(35)31-18-20-39(21-19-31)36(42)43-23-22-38(25-28-10-3-1-4-11-28)26-30-14-9-15-32(24-30)44-27-29-12-5-2-6-13-29/h1-17,24,31H,18-23,25-27H2,(H,37,41). The zero-order valence-electron chi connectivity index (χ0n) is 24.8. The van der Waals surface area contributed by atoms with E-state index in [4.69, 9.17) is 9.47 Å². The Morgan fingerprint density at radius 1 is 0.795 bits per heavy atom. The number of ether oxygens (including phenoxy) is 2. The van der Waals surface area contributed by atoms with Crippen molar-refractivity contribution >= 4 is 17.1 Å². The number of nitrogens with one attached hydrogen (secondary N) is 1. The highest BCUT2D eigenvalue weighted by Crippen LogP contribution is 2.25.